The Hall–Kier alpha value is -2.81. The molecule has 144 valence electrons. The van der Waals surface area contributed by atoms with Gasteiger partial charge in [-0.15, -0.1) is 11.3 Å². The summed E-state index contributed by atoms with van der Waals surface area (Å²) in [5.41, 5.74) is 4.25. The average molecular weight is 391 g/mol. The van der Waals surface area contributed by atoms with E-state index in [0.29, 0.717) is 47.9 Å². The van der Waals surface area contributed by atoms with Gasteiger partial charge in [0.15, 0.2) is 11.5 Å². The largest absolute Gasteiger partial charge is 0.496 e. The molecule has 0 spiro atoms. The van der Waals surface area contributed by atoms with Gasteiger partial charge in [-0.25, -0.2) is 4.98 Å². The van der Waals surface area contributed by atoms with Crippen LogP contribution >= 0.6 is 11.3 Å². The molecular weight excluding hydrogens is 370 g/mol. The number of nitrogens with zero attached hydrogens (tertiary/aromatic N) is 2. The quantitative estimate of drug-likeness (QED) is 0.441. The summed E-state index contributed by atoms with van der Waals surface area (Å²) in [7, 11) is 1.59. The summed E-state index contributed by atoms with van der Waals surface area (Å²) in [5, 5.41) is 6.58. The number of aromatic nitrogens is 1. The minimum absolute atomic E-state index is 0.145. The first-order valence-electron chi connectivity index (χ1n) is 8.56. The number of benzene rings is 1. The Morgan fingerprint density at radius 2 is 2.15 bits per heavy atom. The molecule has 0 radical (unpaired) electrons. The molecule has 1 aliphatic rings. The highest BCUT2D eigenvalue weighted by Crippen LogP contribution is 2.35. The average Bonchev–Trinajstić information content (AvgIpc) is 2.96. The number of carbonyl (C=O) groups is 1. The molecule has 1 aliphatic heterocycles. The number of hydrogen-bond acceptors (Lipinski definition) is 9. The normalized spacial score (nSPS) is 13.3. The number of thiazole rings is 1. The summed E-state index contributed by atoms with van der Waals surface area (Å²) in [6.07, 6.45) is 2.60. The Morgan fingerprint density at radius 1 is 1.37 bits per heavy atom. The van der Waals surface area contributed by atoms with E-state index >= 15 is 0 Å². The number of carbonyl (C=O) groups excluding carboxylic acids is 1. The van der Waals surface area contributed by atoms with Crippen LogP contribution in [0.25, 0.3) is 0 Å². The number of ether oxygens (including phenoxy) is 4. The minimum Gasteiger partial charge on any atom is -0.496 e. The topological polar surface area (TPSA) is 91.3 Å². The molecule has 0 unspecified atom stereocenters. The first-order chi connectivity index (χ1) is 13.2. The van der Waals surface area contributed by atoms with Gasteiger partial charge in [0.05, 0.1) is 45.3 Å². The van der Waals surface area contributed by atoms with Crippen LogP contribution in [0.2, 0.25) is 0 Å². The molecule has 0 atom stereocenters. The van der Waals surface area contributed by atoms with Gasteiger partial charge in [-0.1, -0.05) is 0 Å². The highest BCUT2D eigenvalue weighted by Gasteiger charge is 2.14. The monoisotopic (exact) mass is 391 g/mol. The molecule has 0 saturated carbocycles. The fourth-order valence-electron chi connectivity index (χ4n) is 2.44. The van der Waals surface area contributed by atoms with E-state index in [0.717, 1.165) is 12.0 Å². The molecule has 0 fully saturated rings. The smallest absolute Gasteiger partial charge is 0.311 e. The second kappa shape index (κ2) is 9.22. The van der Waals surface area contributed by atoms with Crippen molar-refractivity contribution < 1.29 is 23.7 Å². The van der Waals surface area contributed by atoms with Crippen LogP contribution in [0.5, 0.6) is 17.2 Å². The second-order valence-electron chi connectivity index (χ2n) is 5.59. The maximum atomic E-state index is 11.5. The van der Waals surface area contributed by atoms with E-state index in [1.165, 1.54) is 11.3 Å². The molecule has 2 aromatic rings. The molecule has 1 aromatic carbocycles. The molecule has 0 saturated heterocycles. The van der Waals surface area contributed by atoms with Gasteiger partial charge in [-0.05, 0) is 13.0 Å². The van der Waals surface area contributed by atoms with Gasteiger partial charge in [0.2, 0.25) is 5.13 Å². The van der Waals surface area contributed by atoms with Crippen LogP contribution in [-0.2, 0) is 16.0 Å². The van der Waals surface area contributed by atoms with Crippen LogP contribution in [-0.4, -0.2) is 44.1 Å². The third-order valence-electron chi connectivity index (χ3n) is 3.65. The predicted octanol–water partition coefficient (Wildman–Crippen LogP) is 2.86. The van der Waals surface area contributed by atoms with Crippen molar-refractivity contribution in [3.8, 4) is 17.2 Å². The van der Waals surface area contributed by atoms with Crippen molar-refractivity contribution in [2.45, 2.75) is 19.8 Å². The molecule has 0 aliphatic carbocycles. The molecular formula is C18H21N3O5S. The number of hydrazone groups is 1. The van der Waals surface area contributed by atoms with Crippen molar-refractivity contribution in [3.05, 3.63) is 28.8 Å². The van der Waals surface area contributed by atoms with Gasteiger partial charge in [0.1, 0.15) is 5.75 Å². The van der Waals surface area contributed by atoms with Crippen molar-refractivity contribution in [2.24, 2.45) is 5.10 Å². The zero-order valence-corrected chi connectivity index (χ0v) is 16.0. The molecule has 8 nitrogen and oxygen atoms in total. The van der Waals surface area contributed by atoms with E-state index in [-0.39, 0.29) is 12.4 Å². The molecule has 27 heavy (non-hydrogen) atoms. The predicted molar refractivity (Wildman–Crippen MR) is 102 cm³/mol. The standard InChI is InChI=1S/C18H21N3O5S/c1-3-24-17(22)8-13-11-27-18(20-13)21-19-10-12-7-15-16(9-14(12)23-2)26-6-4-5-25-15/h7,9-11H,3-6,8H2,1-2H3,(H,20,21). The van der Waals surface area contributed by atoms with Crippen LogP contribution in [0, 0.1) is 0 Å². The number of methoxy groups -OCH3 is 1. The summed E-state index contributed by atoms with van der Waals surface area (Å²) in [5.74, 6) is 1.67. The van der Waals surface area contributed by atoms with E-state index in [9.17, 15) is 4.79 Å². The van der Waals surface area contributed by atoms with Gasteiger partial charge in [-0.3, -0.25) is 10.2 Å². The molecule has 9 heteroatoms. The zero-order valence-electron chi connectivity index (χ0n) is 15.2. The van der Waals surface area contributed by atoms with Gasteiger partial charge < -0.3 is 18.9 Å². The van der Waals surface area contributed by atoms with Crippen molar-refractivity contribution in [3.63, 3.8) is 0 Å². The fourth-order valence-corrected chi connectivity index (χ4v) is 3.10. The number of rotatable bonds is 7. The van der Waals surface area contributed by atoms with Crippen molar-refractivity contribution in [2.75, 3.05) is 32.4 Å². The molecule has 0 bridgehead atoms. The summed E-state index contributed by atoms with van der Waals surface area (Å²) in [4.78, 5) is 15.8. The van der Waals surface area contributed by atoms with Crippen molar-refractivity contribution >= 4 is 28.7 Å². The lowest BCUT2D eigenvalue weighted by atomic mass is 10.2. The molecule has 0 amide bonds. The van der Waals surface area contributed by atoms with E-state index in [2.05, 4.69) is 15.5 Å². The van der Waals surface area contributed by atoms with Crippen LogP contribution < -0.4 is 19.6 Å². The van der Waals surface area contributed by atoms with Gasteiger partial charge >= 0.3 is 5.97 Å². The third kappa shape index (κ3) is 5.10. The number of esters is 1. The summed E-state index contributed by atoms with van der Waals surface area (Å²) in [6, 6.07) is 3.63. The lowest BCUT2D eigenvalue weighted by Gasteiger charge is -2.11. The van der Waals surface area contributed by atoms with E-state index in [4.69, 9.17) is 18.9 Å². The highest BCUT2D eigenvalue weighted by atomic mass is 32.1. The van der Waals surface area contributed by atoms with Gasteiger partial charge in [0.25, 0.3) is 0 Å². The minimum atomic E-state index is -0.296. The number of anilines is 1. The van der Waals surface area contributed by atoms with Gasteiger partial charge in [-0.2, -0.15) is 5.10 Å². The van der Waals surface area contributed by atoms with Crippen molar-refractivity contribution in [1.82, 2.24) is 4.98 Å². The number of fused-ring (bicyclic) bond motifs is 1. The Bertz CT molecular complexity index is 821. The second-order valence-corrected chi connectivity index (χ2v) is 6.45. The first-order valence-corrected chi connectivity index (χ1v) is 9.44. The fraction of sp³-hybridized carbons (Fsp3) is 0.389. The lowest BCUT2D eigenvalue weighted by Crippen LogP contribution is -2.07. The Morgan fingerprint density at radius 3 is 2.89 bits per heavy atom. The first kappa shape index (κ1) is 19.0. The van der Waals surface area contributed by atoms with E-state index in [1.807, 2.05) is 6.07 Å². The number of nitrogens with one attached hydrogen (secondary N) is 1. The van der Waals surface area contributed by atoms with Crippen LogP contribution in [0.15, 0.2) is 22.6 Å². The SMILES string of the molecule is CCOC(=O)Cc1csc(NN=Cc2cc3c(cc2OC)OCCCO3)n1. The lowest BCUT2D eigenvalue weighted by molar-refractivity contribution is -0.142. The highest BCUT2D eigenvalue weighted by molar-refractivity contribution is 7.13. The molecule has 1 aromatic heterocycles. The molecule has 1 N–H and O–H groups in total. The molecule has 2 heterocycles. The zero-order chi connectivity index (χ0) is 19.1. The summed E-state index contributed by atoms with van der Waals surface area (Å²) in [6.45, 7) is 3.35. The summed E-state index contributed by atoms with van der Waals surface area (Å²) < 4.78 is 21.7. The van der Waals surface area contributed by atoms with E-state index < -0.39 is 0 Å². The molecule has 3 rings (SSSR count). The van der Waals surface area contributed by atoms with Gasteiger partial charge in [0, 0.05) is 23.4 Å². The van der Waals surface area contributed by atoms with Crippen LogP contribution in [0.4, 0.5) is 5.13 Å². The Labute approximate surface area is 161 Å². The third-order valence-corrected chi connectivity index (χ3v) is 4.44. The van der Waals surface area contributed by atoms with E-state index in [1.54, 1.807) is 31.7 Å². The Kier molecular flexibility index (Phi) is 6.48. The number of hydrogen-bond donors (Lipinski definition) is 1. The maximum Gasteiger partial charge on any atom is 0.311 e. The summed E-state index contributed by atoms with van der Waals surface area (Å²) >= 11 is 1.36. The van der Waals surface area contributed by atoms with Crippen LogP contribution in [0.3, 0.4) is 0 Å². The Balaban J connectivity index is 1.66. The van der Waals surface area contributed by atoms with Crippen LogP contribution in [0.1, 0.15) is 24.6 Å². The van der Waals surface area contributed by atoms with Crippen molar-refractivity contribution in [1.29, 1.82) is 0 Å². The maximum absolute atomic E-state index is 11.5.